The van der Waals surface area contributed by atoms with Crippen LogP contribution in [-0.2, 0) is 0 Å². The molecule has 11 rings (SSSR count). The zero-order valence-corrected chi connectivity index (χ0v) is 40.3. The second kappa shape index (κ2) is 17.8. The predicted molar refractivity (Wildman–Crippen MR) is 286 cm³/mol. The van der Waals surface area contributed by atoms with Gasteiger partial charge in [-0.25, -0.2) is 0 Å². The molecule has 0 aliphatic carbocycles. The van der Waals surface area contributed by atoms with E-state index in [-0.39, 0.29) is 0 Å². The van der Waals surface area contributed by atoms with Gasteiger partial charge in [0, 0.05) is 0 Å². The molecule has 0 aliphatic heterocycles. The maximum Gasteiger partial charge on any atom is 0.161 e. The average molecular weight is 923 g/mol. The Morgan fingerprint density at radius 3 is 0.629 bits per heavy atom. The lowest BCUT2D eigenvalue weighted by Gasteiger charge is -2.22. The molecule has 346 valence electrons. The highest BCUT2D eigenvalue weighted by Crippen LogP contribution is 2.53. The van der Waals surface area contributed by atoms with E-state index < -0.39 is 0 Å². The second-order valence-electron chi connectivity index (χ2n) is 17.2. The van der Waals surface area contributed by atoms with Gasteiger partial charge in [0.05, 0.1) is 56.9 Å². The molecule has 0 unspecified atom stereocenters. The van der Waals surface area contributed by atoms with Crippen molar-refractivity contribution in [1.82, 2.24) is 0 Å². The van der Waals surface area contributed by atoms with E-state index in [1.54, 1.807) is 56.9 Å². The van der Waals surface area contributed by atoms with Crippen LogP contribution in [0.3, 0.4) is 0 Å². The number of rotatable bonds is 12. The molecule has 11 aromatic carbocycles. The first-order valence-electron chi connectivity index (χ1n) is 23.0. The lowest BCUT2D eigenvalue weighted by molar-refractivity contribution is 0.355. The average Bonchev–Trinajstić information content (AvgIpc) is 3.41. The number of fused-ring (bicyclic) bond motifs is 6. The van der Waals surface area contributed by atoms with Gasteiger partial charge < -0.3 is 37.9 Å². The monoisotopic (exact) mass is 922 g/mol. The zero-order chi connectivity index (χ0) is 48.2. The molecular weight excluding hydrogens is 873 g/mol. The largest absolute Gasteiger partial charge is 0.493 e. The van der Waals surface area contributed by atoms with Crippen LogP contribution in [0, 0.1) is 0 Å². The molecule has 0 atom stereocenters. The zero-order valence-electron chi connectivity index (χ0n) is 40.3. The fraction of sp³-hybridized carbons (Fsp3) is 0.129. The standard InChI is InChI=1S/C62H50O8/c1-63-51-27-43-47(31-55(51)67-5)61(41-23-17-35-13-9-11-15-39(35)25-41)48-32-56(68-6)52(64-2)28-44(48)59(43)37-19-21-38(22-20-37)60-45-29-53(65-3)57(69-7)33-49(45)62(42-24-18-36-14-10-12-16-40(36)26-42)50-34-58(70-8)54(66-4)30-46(50)60/h9-34H,1-8H3. The van der Waals surface area contributed by atoms with Gasteiger partial charge in [0.2, 0.25) is 0 Å². The third kappa shape index (κ3) is 7.05. The third-order valence-corrected chi connectivity index (χ3v) is 13.8. The highest BCUT2D eigenvalue weighted by molar-refractivity contribution is 6.25. The molecular formula is C62H50O8. The molecule has 70 heavy (non-hydrogen) atoms. The van der Waals surface area contributed by atoms with Crippen molar-refractivity contribution in [2.45, 2.75) is 0 Å². The van der Waals surface area contributed by atoms with Crippen LogP contribution < -0.4 is 37.9 Å². The van der Waals surface area contributed by atoms with Gasteiger partial charge in [0.15, 0.2) is 46.0 Å². The Morgan fingerprint density at radius 1 is 0.200 bits per heavy atom. The summed E-state index contributed by atoms with van der Waals surface area (Å²) in [5, 5.41) is 12.5. The molecule has 0 amide bonds. The lowest BCUT2D eigenvalue weighted by atomic mass is 9.83. The lowest BCUT2D eigenvalue weighted by Crippen LogP contribution is -1.98. The summed E-state index contributed by atoms with van der Waals surface area (Å²) in [6.07, 6.45) is 0. The van der Waals surface area contributed by atoms with Crippen LogP contribution in [0.1, 0.15) is 0 Å². The minimum Gasteiger partial charge on any atom is -0.493 e. The quantitative estimate of drug-likeness (QED) is 0.112. The Morgan fingerprint density at radius 2 is 0.400 bits per heavy atom. The number of hydrogen-bond acceptors (Lipinski definition) is 8. The van der Waals surface area contributed by atoms with Crippen LogP contribution in [0.25, 0.3) is 109 Å². The summed E-state index contributed by atoms with van der Waals surface area (Å²) in [4.78, 5) is 0. The Labute approximate surface area is 406 Å². The summed E-state index contributed by atoms with van der Waals surface area (Å²) in [5.74, 6) is 4.99. The van der Waals surface area contributed by atoms with E-state index in [1.165, 1.54) is 0 Å². The smallest absolute Gasteiger partial charge is 0.161 e. The number of methoxy groups -OCH3 is 8. The fourth-order valence-electron chi connectivity index (χ4n) is 10.5. The molecule has 0 fully saturated rings. The van der Waals surface area contributed by atoms with Crippen molar-refractivity contribution in [3.63, 3.8) is 0 Å². The topological polar surface area (TPSA) is 73.8 Å². The van der Waals surface area contributed by atoms with Crippen LogP contribution >= 0.6 is 0 Å². The Kier molecular flexibility index (Phi) is 11.2. The molecule has 0 spiro atoms. The molecule has 8 nitrogen and oxygen atoms in total. The summed E-state index contributed by atoms with van der Waals surface area (Å²) in [6, 6.07) is 55.6. The normalized spacial score (nSPS) is 11.4. The number of ether oxygens (including phenoxy) is 8. The molecule has 0 radical (unpaired) electrons. The molecule has 0 N–H and O–H groups in total. The van der Waals surface area contributed by atoms with E-state index in [0.29, 0.717) is 46.0 Å². The van der Waals surface area contributed by atoms with Crippen molar-refractivity contribution >= 4 is 64.6 Å². The van der Waals surface area contributed by atoms with E-state index in [2.05, 4.69) is 158 Å². The third-order valence-electron chi connectivity index (χ3n) is 13.8. The van der Waals surface area contributed by atoms with Gasteiger partial charge in [-0.05, 0) is 170 Å². The summed E-state index contributed by atoms with van der Waals surface area (Å²) < 4.78 is 48.0. The van der Waals surface area contributed by atoms with Crippen molar-refractivity contribution in [2.24, 2.45) is 0 Å². The van der Waals surface area contributed by atoms with Gasteiger partial charge in [0.1, 0.15) is 0 Å². The summed E-state index contributed by atoms with van der Waals surface area (Å²) in [6.45, 7) is 0. The molecule has 0 saturated carbocycles. The maximum atomic E-state index is 6.02. The van der Waals surface area contributed by atoms with Gasteiger partial charge in [-0.2, -0.15) is 0 Å². The first-order valence-corrected chi connectivity index (χ1v) is 23.0. The van der Waals surface area contributed by atoms with Crippen LogP contribution in [0.2, 0.25) is 0 Å². The molecule has 0 aliphatic rings. The van der Waals surface area contributed by atoms with Gasteiger partial charge in [-0.1, -0.05) is 97.1 Å². The Balaban J connectivity index is 1.22. The van der Waals surface area contributed by atoms with Gasteiger partial charge in [-0.15, -0.1) is 0 Å². The molecule has 0 bridgehead atoms. The highest BCUT2D eigenvalue weighted by Gasteiger charge is 2.25. The van der Waals surface area contributed by atoms with Crippen molar-refractivity contribution in [2.75, 3.05) is 56.9 Å². The second-order valence-corrected chi connectivity index (χ2v) is 17.2. The summed E-state index contributed by atoms with van der Waals surface area (Å²) >= 11 is 0. The van der Waals surface area contributed by atoms with E-state index >= 15 is 0 Å². The molecule has 0 saturated heterocycles. The van der Waals surface area contributed by atoms with E-state index in [1.807, 2.05) is 0 Å². The minimum atomic E-state index is 0.621. The molecule has 0 aromatic heterocycles. The maximum absolute atomic E-state index is 6.02. The van der Waals surface area contributed by atoms with Crippen LogP contribution in [0.15, 0.2) is 158 Å². The molecule has 11 aromatic rings. The Bertz CT molecular complexity index is 3480. The minimum absolute atomic E-state index is 0.621. The number of benzene rings is 11. The van der Waals surface area contributed by atoms with E-state index in [4.69, 9.17) is 37.9 Å². The number of hydrogen-bond donors (Lipinski definition) is 0. The fourth-order valence-corrected chi connectivity index (χ4v) is 10.5. The predicted octanol–water partition coefficient (Wildman–Crippen LogP) is 15.3. The van der Waals surface area contributed by atoms with Crippen LogP contribution in [0.5, 0.6) is 46.0 Å². The van der Waals surface area contributed by atoms with Crippen LogP contribution in [-0.4, -0.2) is 56.9 Å². The van der Waals surface area contributed by atoms with E-state index in [9.17, 15) is 0 Å². The first-order chi connectivity index (χ1) is 34.3. The van der Waals surface area contributed by atoms with Gasteiger partial charge >= 0.3 is 0 Å². The van der Waals surface area contributed by atoms with Gasteiger partial charge in [-0.3, -0.25) is 0 Å². The van der Waals surface area contributed by atoms with Crippen molar-refractivity contribution in [1.29, 1.82) is 0 Å². The van der Waals surface area contributed by atoms with Crippen molar-refractivity contribution in [3.05, 3.63) is 158 Å². The Hall–Kier alpha value is -8.62. The van der Waals surface area contributed by atoms with Crippen molar-refractivity contribution in [3.8, 4) is 90.5 Å². The molecule has 8 heteroatoms. The van der Waals surface area contributed by atoms with Crippen LogP contribution in [0.4, 0.5) is 0 Å². The van der Waals surface area contributed by atoms with Crippen molar-refractivity contribution < 1.29 is 37.9 Å². The highest BCUT2D eigenvalue weighted by atomic mass is 16.5. The van der Waals surface area contributed by atoms with E-state index in [0.717, 1.165) is 109 Å². The summed E-state index contributed by atoms with van der Waals surface area (Å²) in [5.41, 5.74) is 8.17. The van der Waals surface area contributed by atoms with Gasteiger partial charge in [0.25, 0.3) is 0 Å². The first kappa shape index (κ1) is 43.9. The molecule has 0 heterocycles. The SMILES string of the molecule is COc1cc2c(-c3ccc(-c4c5cc(OC)c(OC)cc5c(-c5ccc6ccccc6c5)c5cc(OC)c(OC)cc45)cc3)c3cc(OC)c(OC)cc3c(-c3ccc4ccccc4c3)c2cc1OC. The summed E-state index contributed by atoms with van der Waals surface area (Å²) in [7, 11) is 13.4.